The van der Waals surface area contributed by atoms with E-state index in [2.05, 4.69) is 48.3 Å². The second-order valence-electron chi connectivity index (χ2n) is 7.27. The molecule has 8 nitrogen and oxygen atoms in total. The van der Waals surface area contributed by atoms with Gasteiger partial charge < -0.3 is 24.8 Å². The van der Waals surface area contributed by atoms with Crippen molar-refractivity contribution >= 4 is 28.6 Å². The van der Waals surface area contributed by atoms with E-state index < -0.39 is 0 Å². The first kappa shape index (κ1) is 19.2. The zero-order valence-corrected chi connectivity index (χ0v) is 16.9. The van der Waals surface area contributed by atoms with Gasteiger partial charge in [0.05, 0.1) is 18.6 Å². The lowest BCUT2D eigenvalue weighted by atomic mass is 10.2. The lowest BCUT2D eigenvalue weighted by Crippen LogP contribution is -2.44. The highest BCUT2D eigenvalue weighted by Crippen LogP contribution is 2.22. The highest BCUT2D eigenvalue weighted by atomic mass is 16.5. The third-order valence-corrected chi connectivity index (χ3v) is 5.50. The molecule has 1 fully saturated rings. The molecule has 1 saturated heterocycles. The summed E-state index contributed by atoms with van der Waals surface area (Å²) in [5.74, 6) is 1.37. The molecule has 29 heavy (non-hydrogen) atoms. The monoisotopic (exact) mass is 394 g/mol. The average Bonchev–Trinajstić information content (AvgIpc) is 3.29. The molecule has 0 saturated carbocycles. The van der Waals surface area contributed by atoms with Crippen LogP contribution in [0.25, 0.3) is 10.9 Å². The second kappa shape index (κ2) is 8.08. The van der Waals surface area contributed by atoms with E-state index in [1.807, 2.05) is 25.2 Å². The molecule has 2 N–H and O–H groups in total. The van der Waals surface area contributed by atoms with Crippen LogP contribution < -0.4 is 15.5 Å². The minimum atomic E-state index is -0.102. The fraction of sp³-hybridized carbons (Fsp3) is 0.381. The summed E-state index contributed by atoms with van der Waals surface area (Å²) in [6.07, 6.45) is 1.96. The van der Waals surface area contributed by atoms with Crippen LogP contribution in [0.3, 0.4) is 0 Å². The quantitative estimate of drug-likeness (QED) is 0.660. The summed E-state index contributed by atoms with van der Waals surface area (Å²) in [7, 11) is 5.46. The molecule has 3 heterocycles. The van der Waals surface area contributed by atoms with E-state index in [1.165, 1.54) is 0 Å². The summed E-state index contributed by atoms with van der Waals surface area (Å²) in [6, 6.07) is 12.0. The SMILES string of the molecule is CNc1nccc(N2C[C@H](OC)[C@H](NC(=O)Cc3cc4ccccc4n3C)C2)n1. The number of benzene rings is 1. The number of para-hydroxylation sites is 1. The Labute approximate surface area is 169 Å². The van der Waals surface area contributed by atoms with Gasteiger partial charge in [0, 0.05) is 51.7 Å². The van der Waals surface area contributed by atoms with E-state index in [4.69, 9.17) is 4.74 Å². The molecule has 4 rings (SSSR count). The first-order valence-corrected chi connectivity index (χ1v) is 9.70. The van der Waals surface area contributed by atoms with Crippen LogP contribution in [0.1, 0.15) is 5.69 Å². The Morgan fingerprint density at radius 1 is 1.28 bits per heavy atom. The van der Waals surface area contributed by atoms with Gasteiger partial charge in [0.15, 0.2) is 0 Å². The Morgan fingerprint density at radius 2 is 2.10 bits per heavy atom. The second-order valence-corrected chi connectivity index (χ2v) is 7.27. The Hall–Kier alpha value is -3.13. The van der Waals surface area contributed by atoms with Crippen LogP contribution in [0.5, 0.6) is 0 Å². The molecule has 1 aliphatic rings. The number of hydrogen-bond donors (Lipinski definition) is 2. The molecule has 3 aromatic rings. The van der Waals surface area contributed by atoms with Gasteiger partial charge in [0.1, 0.15) is 5.82 Å². The molecule has 1 aliphatic heterocycles. The van der Waals surface area contributed by atoms with Crippen molar-refractivity contribution in [3.63, 3.8) is 0 Å². The zero-order valence-electron chi connectivity index (χ0n) is 16.9. The van der Waals surface area contributed by atoms with Crippen molar-refractivity contribution < 1.29 is 9.53 Å². The van der Waals surface area contributed by atoms with Gasteiger partial charge in [-0.25, -0.2) is 4.98 Å². The molecular weight excluding hydrogens is 368 g/mol. The maximum atomic E-state index is 12.8. The van der Waals surface area contributed by atoms with E-state index in [0.717, 1.165) is 22.4 Å². The number of nitrogens with one attached hydrogen (secondary N) is 2. The Morgan fingerprint density at radius 3 is 2.86 bits per heavy atom. The first-order valence-electron chi connectivity index (χ1n) is 9.70. The molecule has 0 unspecified atom stereocenters. The van der Waals surface area contributed by atoms with E-state index in [0.29, 0.717) is 25.5 Å². The van der Waals surface area contributed by atoms with Crippen molar-refractivity contribution in [3.05, 3.63) is 48.3 Å². The third kappa shape index (κ3) is 3.88. The minimum absolute atomic E-state index is 0.0107. The summed E-state index contributed by atoms with van der Waals surface area (Å²) >= 11 is 0. The van der Waals surface area contributed by atoms with Crippen LogP contribution in [-0.2, 0) is 23.0 Å². The molecule has 0 bridgehead atoms. The fourth-order valence-electron chi connectivity index (χ4n) is 3.92. The molecule has 1 amide bonds. The van der Waals surface area contributed by atoms with Crippen molar-refractivity contribution in [1.82, 2.24) is 19.9 Å². The van der Waals surface area contributed by atoms with Crippen molar-refractivity contribution in [2.45, 2.75) is 18.6 Å². The standard InChI is InChI=1S/C21H26N6O2/c1-22-21-23-9-8-19(25-21)27-12-16(18(13-27)29-3)24-20(28)11-15-10-14-6-4-5-7-17(14)26(15)2/h4-10,16,18H,11-13H2,1-3H3,(H,24,28)(H,22,23,25)/t16-,18+/m1/s1. The number of hydrogen-bond acceptors (Lipinski definition) is 6. The lowest BCUT2D eigenvalue weighted by Gasteiger charge is -2.18. The zero-order chi connectivity index (χ0) is 20.4. The molecule has 2 aromatic heterocycles. The van der Waals surface area contributed by atoms with Gasteiger partial charge in [0.25, 0.3) is 0 Å². The first-order chi connectivity index (χ1) is 14.1. The predicted octanol–water partition coefficient (Wildman–Crippen LogP) is 1.57. The van der Waals surface area contributed by atoms with Gasteiger partial charge in [-0.15, -0.1) is 0 Å². The van der Waals surface area contributed by atoms with Crippen LogP contribution in [-0.4, -0.2) is 59.8 Å². The van der Waals surface area contributed by atoms with Crippen molar-refractivity contribution in [2.24, 2.45) is 7.05 Å². The van der Waals surface area contributed by atoms with Gasteiger partial charge in [0.2, 0.25) is 11.9 Å². The fourth-order valence-corrected chi connectivity index (χ4v) is 3.92. The largest absolute Gasteiger partial charge is 0.377 e. The van der Waals surface area contributed by atoms with Crippen LogP contribution in [0, 0.1) is 0 Å². The number of aromatic nitrogens is 3. The summed E-state index contributed by atoms with van der Waals surface area (Å²) in [6.45, 7) is 1.30. The van der Waals surface area contributed by atoms with Crippen LogP contribution in [0.15, 0.2) is 42.6 Å². The van der Waals surface area contributed by atoms with Crippen molar-refractivity contribution in [1.29, 1.82) is 0 Å². The summed E-state index contributed by atoms with van der Waals surface area (Å²) in [5, 5.41) is 7.24. The number of rotatable bonds is 6. The maximum Gasteiger partial charge on any atom is 0.226 e. The number of carbonyl (C=O) groups excluding carboxylic acids is 1. The Kier molecular flexibility index (Phi) is 5.35. The molecule has 0 aliphatic carbocycles. The van der Waals surface area contributed by atoms with Crippen LogP contribution in [0.2, 0.25) is 0 Å². The number of anilines is 2. The van der Waals surface area contributed by atoms with E-state index in [1.54, 1.807) is 20.4 Å². The van der Waals surface area contributed by atoms with E-state index in [9.17, 15) is 4.79 Å². The van der Waals surface area contributed by atoms with Crippen LogP contribution >= 0.6 is 0 Å². The molecule has 0 radical (unpaired) electrons. The Bertz CT molecular complexity index is 1020. The molecule has 2 atom stereocenters. The molecule has 0 spiro atoms. The number of ether oxygens (including phenoxy) is 1. The average molecular weight is 394 g/mol. The minimum Gasteiger partial charge on any atom is -0.377 e. The number of nitrogens with zero attached hydrogens (tertiary/aromatic N) is 4. The van der Waals surface area contributed by atoms with Gasteiger partial charge >= 0.3 is 0 Å². The molecule has 8 heteroatoms. The van der Waals surface area contributed by atoms with Gasteiger partial charge in [-0.1, -0.05) is 18.2 Å². The van der Waals surface area contributed by atoms with E-state index >= 15 is 0 Å². The topological polar surface area (TPSA) is 84.3 Å². The van der Waals surface area contributed by atoms with Crippen LogP contribution in [0.4, 0.5) is 11.8 Å². The van der Waals surface area contributed by atoms with E-state index in [-0.39, 0.29) is 18.1 Å². The van der Waals surface area contributed by atoms with Gasteiger partial charge in [-0.2, -0.15) is 4.98 Å². The summed E-state index contributed by atoms with van der Waals surface area (Å²) < 4.78 is 7.71. The molecular formula is C21H26N6O2. The number of amides is 1. The molecule has 152 valence electrons. The van der Waals surface area contributed by atoms with Crippen molar-refractivity contribution in [3.8, 4) is 0 Å². The number of fused-ring (bicyclic) bond motifs is 1. The number of carbonyl (C=O) groups is 1. The smallest absolute Gasteiger partial charge is 0.226 e. The molecule has 1 aromatic carbocycles. The Balaban J connectivity index is 1.44. The van der Waals surface area contributed by atoms with Crippen molar-refractivity contribution in [2.75, 3.05) is 37.5 Å². The normalized spacial score (nSPS) is 18.9. The number of methoxy groups -OCH3 is 1. The predicted molar refractivity (Wildman–Crippen MR) is 113 cm³/mol. The summed E-state index contributed by atoms with van der Waals surface area (Å²) in [4.78, 5) is 23.5. The third-order valence-electron chi connectivity index (χ3n) is 5.50. The van der Waals surface area contributed by atoms with Gasteiger partial charge in [-0.3, -0.25) is 4.79 Å². The highest BCUT2D eigenvalue weighted by Gasteiger charge is 2.34. The summed E-state index contributed by atoms with van der Waals surface area (Å²) in [5.41, 5.74) is 2.11. The number of aryl methyl sites for hydroxylation is 1. The highest BCUT2D eigenvalue weighted by molar-refractivity contribution is 5.85. The maximum absolute atomic E-state index is 12.8. The van der Waals surface area contributed by atoms with Gasteiger partial charge in [-0.05, 0) is 23.6 Å². The lowest BCUT2D eigenvalue weighted by molar-refractivity contribution is -0.121.